The van der Waals surface area contributed by atoms with Gasteiger partial charge in [-0.1, -0.05) is 23.2 Å². The van der Waals surface area contributed by atoms with E-state index in [-0.39, 0.29) is 68.9 Å². The number of hydrogen-bond donors (Lipinski definition) is 4. The summed E-state index contributed by atoms with van der Waals surface area (Å²) in [6, 6.07) is 8.21. The number of anilines is 1. The van der Waals surface area contributed by atoms with Crippen LogP contribution in [0.1, 0.15) is 61.3 Å². The first-order chi connectivity index (χ1) is 16.3. The first-order valence-corrected chi connectivity index (χ1v) is 11.9. The summed E-state index contributed by atoms with van der Waals surface area (Å²) in [5, 5.41) is 11.9. The number of ether oxygens (including phenoxy) is 1. The Balaban J connectivity index is 0.00000456. The monoisotopic (exact) mass is 543 g/mol. The van der Waals surface area contributed by atoms with Crippen LogP contribution in [0.5, 0.6) is 5.75 Å². The minimum atomic E-state index is -0.807. The van der Waals surface area contributed by atoms with Crippen molar-refractivity contribution >= 4 is 46.7 Å². The molecule has 2 aromatic carbocycles. The van der Waals surface area contributed by atoms with Crippen LogP contribution in [0, 0.1) is 0 Å². The first kappa shape index (κ1) is 30.4. The molecule has 4 N–H and O–H groups in total. The Labute approximate surface area is 243 Å². The number of rotatable bonds is 5. The maximum Gasteiger partial charge on any atom is 1.00 e. The van der Waals surface area contributed by atoms with E-state index in [1.165, 1.54) is 31.4 Å². The SMILES string of the molecule is COc1ccc(C(=O)NC2CC(C)(C)NC(C)(C)C2)cc1NC(=O)NC(=O)c1ccc(Cl)cc1Cl.[Na+]. The van der Waals surface area contributed by atoms with Crippen molar-refractivity contribution in [2.75, 3.05) is 12.4 Å². The normalized spacial score (nSPS) is 16.3. The molecule has 0 aliphatic carbocycles. The second-order valence-electron chi connectivity index (χ2n) is 9.92. The molecule has 0 aromatic heterocycles. The van der Waals surface area contributed by atoms with Crippen LogP contribution < -0.4 is 55.6 Å². The molecular weight excluding hydrogens is 514 g/mol. The molecule has 0 bridgehead atoms. The Morgan fingerprint density at radius 2 is 1.61 bits per heavy atom. The predicted octanol–water partition coefficient (Wildman–Crippen LogP) is 2.01. The van der Waals surface area contributed by atoms with Gasteiger partial charge < -0.3 is 20.7 Å². The molecule has 3 rings (SSSR count). The van der Waals surface area contributed by atoms with Gasteiger partial charge in [0.15, 0.2) is 0 Å². The number of imide groups is 1. The Bertz CT molecular complexity index is 1140. The molecule has 0 radical (unpaired) electrons. The van der Waals surface area contributed by atoms with Crippen molar-refractivity contribution in [3.63, 3.8) is 0 Å². The molecule has 8 nitrogen and oxygen atoms in total. The summed E-state index contributed by atoms with van der Waals surface area (Å²) in [5.41, 5.74) is 0.438. The first-order valence-electron chi connectivity index (χ1n) is 11.1. The van der Waals surface area contributed by atoms with Crippen LogP contribution >= 0.6 is 23.2 Å². The number of benzene rings is 2. The molecule has 1 fully saturated rings. The summed E-state index contributed by atoms with van der Waals surface area (Å²) in [6.07, 6.45) is 1.56. The van der Waals surface area contributed by atoms with Gasteiger partial charge in [-0.15, -0.1) is 0 Å². The molecule has 1 aliphatic heterocycles. The quantitative estimate of drug-likeness (QED) is 0.431. The van der Waals surface area contributed by atoms with Gasteiger partial charge in [0.05, 0.1) is 23.4 Å². The van der Waals surface area contributed by atoms with Gasteiger partial charge in [0.2, 0.25) is 0 Å². The van der Waals surface area contributed by atoms with E-state index < -0.39 is 11.9 Å². The summed E-state index contributed by atoms with van der Waals surface area (Å²) in [4.78, 5) is 38.0. The van der Waals surface area contributed by atoms with Crippen molar-refractivity contribution in [2.24, 2.45) is 0 Å². The molecule has 188 valence electrons. The van der Waals surface area contributed by atoms with E-state index in [1.807, 2.05) is 0 Å². The number of nitrogens with one attached hydrogen (secondary N) is 4. The Morgan fingerprint density at radius 3 is 2.19 bits per heavy atom. The Hall–Kier alpha value is -1.81. The third kappa shape index (κ3) is 8.10. The zero-order valence-corrected chi connectivity index (χ0v) is 24.9. The fourth-order valence-electron chi connectivity index (χ4n) is 4.64. The molecule has 0 saturated carbocycles. The van der Waals surface area contributed by atoms with Crippen LogP contribution in [0.4, 0.5) is 10.5 Å². The second-order valence-corrected chi connectivity index (χ2v) is 10.8. The van der Waals surface area contributed by atoms with Crippen molar-refractivity contribution in [1.29, 1.82) is 0 Å². The average molecular weight is 544 g/mol. The van der Waals surface area contributed by atoms with Crippen molar-refractivity contribution < 1.29 is 48.7 Å². The number of halogens is 2. The van der Waals surface area contributed by atoms with Crippen molar-refractivity contribution in [1.82, 2.24) is 16.0 Å². The molecule has 36 heavy (non-hydrogen) atoms. The molecule has 4 amide bonds. The van der Waals surface area contributed by atoms with Crippen molar-refractivity contribution in [3.8, 4) is 5.75 Å². The molecule has 1 heterocycles. The minimum Gasteiger partial charge on any atom is -0.495 e. The Morgan fingerprint density at radius 1 is 0.972 bits per heavy atom. The van der Waals surface area contributed by atoms with Gasteiger partial charge in [0.1, 0.15) is 5.75 Å². The third-order valence-electron chi connectivity index (χ3n) is 5.64. The average Bonchev–Trinajstić information content (AvgIpc) is 2.71. The number of piperidine rings is 1. The molecule has 0 unspecified atom stereocenters. The number of urea groups is 1. The van der Waals surface area contributed by atoms with E-state index >= 15 is 0 Å². The standard InChI is InChI=1S/C25H30Cl2N4O4.Na/c1-24(2)12-16(13-25(3,4)31-24)28-21(32)14-6-9-20(35-5)19(10-14)29-23(34)30-22(33)17-8-7-15(26)11-18(17)27;/h6-11,16,31H,12-13H2,1-5H3,(H,28,32)(H2,29,30,33,34);/q;+1. The second kappa shape index (κ2) is 12.2. The minimum absolute atomic E-state index is 0. The van der Waals surface area contributed by atoms with Gasteiger partial charge in [-0.3, -0.25) is 14.9 Å². The van der Waals surface area contributed by atoms with Gasteiger partial charge >= 0.3 is 35.6 Å². The van der Waals surface area contributed by atoms with Gasteiger partial charge in [-0.2, -0.15) is 0 Å². The van der Waals surface area contributed by atoms with E-state index in [2.05, 4.69) is 49.0 Å². The Kier molecular flexibility index (Phi) is 10.3. The zero-order chi connectivity index (χ0) is 26.0. The molecule has 0 atom stereocenters. The van der Waals surface area contributed by atoms with E-state index in [4.69, 9.17) is 27.9 Å². The van der Waals surface area contributed by atoms with Crippen molar-refractivity contribution in [3.05, 3.63) is 57.6 Å². The summed E-state index contributed by atoms with van der Waals surface area (Å²) in [5.74, 6) is -0.635. The van der Waals surface area contributed by atoms with Gasteiger partial charge in [0.25, 0.3) is 11.8 Å². The topological polar surface area (TPSA) is 109 Å². The van der Waals surface area contributed by atoms with Gasteiger partial charge in [0, 0.05) is 27.7 Å². The third-order valence-corrected chi connectivity index (χ3v) is 6.19. The van der Waals surface area contributed by atoms with Crippen molar-refractivity contribution in [2.45, 2.75) is 57.7 Å². The number of methoxy groups -OCH3 is 1. The van der Waals surface area contributed by atoms with Gasteiger partial charge in [-0.05, 0) is 76.9 Å². The number of carbonyl (C=O) groups is 3. The fraction of sp³-hybridized carbons (Fsp3) is 0.400. The molecular formula is C25H30Cl2N4NaO4+. The summed E-state index contributed by atoms with van der Waals surface area (Å²) in [7, 11) is 1.44. The molecule has 1 aliphatic rings. The van der Waals surface area contributed by atoms with Crippen LogP contribution in [-0.2, 0) is 0 Å². The van der Waals surface area contributed by atoms with E-state index in [0.29, 0.717) is 16.3 Å². The van der Waals surface area contributed by atoms with Crippen LogP contribution in [0.2, 0.25) is 10.0 Å². The molecule has 2 aromatic rings. The van der Waals surface area contributed by atoms with E-state index in [1.54, 1.807) is 12.1 Å². The summed E-state index contributed by atoms with van der Waals surface area (Å²) >= 11 is 11.9. The maximum absolute atomic E-state index is 13.0. The maximum atomic E-state index is 13.0. The van der Waals surface area contributed by atoms with Crippen LogP contribution in [0.3, 0.4) is 0 Å². The smallest absolute Gasteiger partial charge is 0.495 e. The predicted molar refractivity (Wildman–Crippen MR) is 138 cm³/mol. The van der Waals surface area contributed by atoms with Gasteiger partial charge in [-0.25, -0.2) is 4.79 Å². The summed E-state index contributed by atoms with van der Waals surface area (Å²) in [6.45, 7) is 8.44. The summed E-state index contributed by atoms with van der Waals surface area (Å²) < 4.78 is 5.30. The number of carbonyl (C=O) groups excluding carboxylic acids is 3. The molecule has 0 spiro atoms. The fourth-order valence-corrected chi connectivity index (χ4v) is 5.13. The zero-order valence-electron chi connectivity index (χ0n) is 21.3. The van der Waals surface area contributed by atoms with E-state index in [0.717, 1.165) is 12.8 Å². The van der Waals surface area contributed by atoms with E-state index in [9.17, 15) is 14.4 Å². The number of hydrogen-bond acceptors (Lipinski definition) is 5. The van der Waals surface area contributed by atoms with Crippen LogP contribution in [-0.4, -0.2) is 42.1 Å². The largest absolute Gasteiger partial charge is 1.00 e. The van der Waals surface area contributed by atoms with Crippen LogP contribution in [0.15, 0.2) is 36.4 Å². The van der Waals surface area contributed by atoms with Crippen LogP contribution in [0.25, 0.3) is 0 Å². The number of amides is 4. The molecule has 1 saturated heterocycles. The molecule has 11 heteroatoms.